The smallest absolute Gasteiger partial charge is 0.153 e. The summed E-state index contributed by atoms with van der Waals surface area (Å²) in [4.78, 5) is 16.3. The Morgan fingerprint density at radius 1 is 1.37 bits per heavy atom. The van der Waals surface area contributed by atoms with Crippen LogP contribution in [0.15, 0.2) is 46.5 Å². The summed E-state index contributed by atoms with van der Waals surface area (Å²) in [5.41, 5.74) is 1.23. The van der Waals surface area contributed by atoms with Gasteiger partial charge in [-0.05, 0) is 34.1 Å². The van der Waals surface area contributed by atoms with Gasteiger partial charge in [-0.1, -0.05) is 6.07 Å². The van der Waals surface area contributed by atoms with Gasteiger partial charge in [0, 0.05) is 22.2 Å². The van der Waals surface area contributed by atoms with E-state index in [1.165, 1.54) is 11.3 Å². The summed E-state index contributed by atoms with van der Waals surface area (Å²) in [6.07, 6.45) is 4.20. The van der Waals surface area contributed by atoms with Gasteiger partial charge >= 0.3 is 0 Å². The molecule has 0 aliphatic rings. The Balaban J connectivity index is 2.11. The van der Waals surface area contributed by atoms with E-state index in [1.54, 1.807) is 17.1 Å². The van der Waals surface area contributed by atoms with Gasteiger partial charge in [-0.25, -0.2) is 9.67 Å². The van der Waals surface area contributed by atoms with Gasteiger partial charge in [0.2, 0.25) is 0 Å². The highest BCUT2D eigenvalue weighted by atomic mass is 79.9. The molecule has 3 aromatic heterocycles. The van der Waals surface area contributed by atoms with Gasteiger partial charge in [0.15, 0.2) is 12.1 Å². The molecule has 0 aromatic carbocycles. The Bertz CT molecular complexity index is 721. The number of carbonyl (C=O) groups excluding carboxylic acids is 1. The van der Waals surface area contributed by atoms with Crippen LogP contribution in [0.25, 0.3) is 16.4 Å². The van der Waals surface area contributed by atoms with Crippen LogP contribution in [0.5, 0.6) is 0 Å². The molecule has 0 saturated heterocycles. The minimum Gasteiger partial charge on any atom is -0.298 e. The average molecular weight is 334 g/mol. The van der Waals surface area contributed by atoms with Gasteiger partial charge in [0.25, 0.3) is 0 Å². The molecule has 6 heteroatoms. The number of nitrogens with zero attached hydrogens (tertiary/aromatic N) is 3. The number of hydrogen-bond acceptors (Lipinski definition) is 4. The van der Waals surface area contributed by atoms with Crippen molar-refractivity contribution in [2.24, 2.45) is 0 Å². The molecule has 0 aliphatic heterocycles. The van der Waals surface area contributed by atoms with Crippen molar-refractivity contribution in [2.75, 3.05) is 0 Å². The van der Waals surface area contributed by atoms with E-state index in [2.05, 4.69) is 26.0 Å². The zero-order valence-electron chi connectivity index (χ0n) is 9.65. The SMILES string of the molecule is O=Cc1cn(-c2ccccn2)nc1-c1cc(Br)cs1. The first kappa shape index (κ1) is 12.3. The summed E-state index contributed by atoms with van der Waals surface area (Å²) in [5, 5.41) is 6.41. The highest BCUT2D eigenvalue weighted by Crippen LogP contribution is 2.30. The summed E-state index contributed by atoms with van der Waals surface area (Å²) in [6.45, 7) is 0. The number of thiophene rings is 1. The zero-order valence-corrected chi connectivity index (χ0v) is 12.1. The first-order chi connectivity index (χ1) is 9.28. The lowest BCUT2D eigenvalue weighted by atomic mass is 10.2. The molecule has 0 amide bonds. The summed E-state index contributed by atoms with van der Waals surface area (Å²) in [6, 6.07) is 7.51. The summed E-state index contributed by atoms with van der Waals surface area (Å²) >= 11 is 4.94. The fourth-order valence-corrected chi connectivity index (χ4v) is 3.14. The molecule has 3 aromatic rings. The molecule has 0 N–H and O–H groups in total. The number of aldehydes is 1. The monoisotopic (exact) mass is 333 g/mol. The number of aromatic nitrogens is 3. The molecular formula is C13H8BrN3OS. The third-order valence-electron chi connectivity index (χ3n) is 2.55. The summed E-state index contributed by atoms with van der Waals surface area (Å²) in [5.74, 6) is 0.687. The highest BCUT2D eigenvalue weighted by Gasteiger charge is 2.13. The lowest BCUT2D eigenvalue weighted by molar-refractivity contribution is 0.112. The van der Waals surface area contributed by atoms with Crippen LogP contribution in [-0.2, 0) is 0 Å². The molecule has 0 aliphatic carbocycles. The molecule has 4 nitrogen and oxygen atoms in total. The van der Waals surface area contributed by atoms with Crippen molar-refractivity contribution < 1.29 is 4.79 Å². The minimum atomic E-state index is 0.556. The molecule has 0 unspecified atom stereocenters. The Kier molecular flexibility index (Phi) is 3.27. The van der Waals surface area contributed by atoms with Gasteiger partial charge in [-0.15, -0.1) is 11.3 Å². The fraction of sp³-hybridized carbons (Fsp3) is 0. The first-order valence-electron chi connectivity index (χ1n) is 5.48. The van der Waals surface area contributed by atoms with Crippen LogP contribution in [0.4, 0.5) is 0 Å². The van der Waals surface area contributed by atoms with Crippen molar-refractivity contribution in [3.05, 3.63) is 52.1 Å². The molecule has 0 bridgehead atoms. The topological polar surface area (TPSA) is 47.8 Å². The van der Waals surface area contributed by atoms with Crippen molar-refractivity contribution in [1.82, 2.24) is 14.8 Å². The molecule has 0 spiro atoms. The minimum absolute atomic E-state index is 0.556. The van der Waals surface area contributed by atoms with Crippen LogP contribution >= 0.6 is 27.3 Å². The Hall–Kier alpha value is -1.79. The maximum absolute atomic E-state index is 11.2. The summed E-state index contributed by atoms with van der Waals surface area (Å²) in [7, 11) is 0. The standard InChI is InChI=1S/C13H8BrN3OS/c14-10-5-11(19-8-10)13-9(7-18)6-17(16-13)12-3-1-2-4-15-12/h1-8H. The van der Waals surface area contributed by atoms with Crippen LogP contribution in [0.1, 0.15) is 10.4 Å². The number of hydrogen-bond donors (Lipinski definition) is 0. The van der Waals surface area contributed by atoms with E-state index in [4.69, 9.17) is 0 Å². The van der Waals surface area contributed by atoms with Crippen molar-refractivity contribution >= 4 is 33.6 Å². The van der Waals surface area contributed by atoms with E-state index in [-0.39, 0.29) is 0 Å². The largest absolute Gasteiger partial charge is 0.298 e. The number of pyridine rings is 1. The molecule has 3 heterocycles. The number of halogens is 1. The zero-order chi connectivity index (χ0) is 13.2. The summed E-state index contributed by atoms with van der Waals surface area (Å²) < 4.78 is 2.60. The van der Waals surface area contributed by atoms with Crippen LogP contribution in [0, 0.1) is 0 Å². The average Bonchev–Trinajstić information content (AvgIpc) is 3.05. The third-order valence-corrected chi connectivity index (χ3v) is 4.25. The van der Waals surface area contributed by atoms with Crippen LogP contribution < -0.4 is 0 Å². The lowest BCUT2D eigenvalue weighted by Gasteiger charge is -1.97. The quantitative estimate of drug-likeness (QED) is 0.688. The number of carbonyl (C=O) groups is 1. The maximum Gasteiger partial charge on any atom is 0.153 e. The molecule has 0 fully saturated rings. The van der Waals surface area contributed by atoms with Gasteiger partial charge in [-0.3, -0.25) is 4.79 Å². The Morgan fingerprint density at radius 3 is 2.89 bits per heavy atom. The molecular weight excluding hydrogens is 326 g/mol. The third kappa shape index (κ3) is 2.36. The molecule has 0 atom stereocenters. The van der Waals surface area contributed by atoms with Gasteiger partial charge in [-0.2, -0.15) is 5.10 Å². The second-order valence-electron chi connectivity index (χ2n) is 3.81. The van der Waals surface area contributed by atoms with Crippen LogP contribution in [0.2, 0.25) is 0 Å². The van der Waals surface area contributed by atoms with Gasteiger partial charge in [0.05, 0.1) is 10.4 Å². The van der Waals surface area contributed by atoms with E-state index < -0.39 is 0 Å². The predicted octanol–water partition coefficient (Wildman–Crippen LogP) is 3.57. The van der Waals surface area contributed by atoms with E-state index in [9.17, 15) is 4.79 Å². The van der Waals surface area contributed by atoms with E-state index in [0.29, 0.717) is 17.1 Å². The lowest BCUT2D eigenvalue weighted by Crippen LogP contribution is -1.96. The van der Waals surface area contributed by atoms with Crippen molar-refractivity contribution in [2.45, 2.75) is 0 Å². The van der Waals surface area contributed by atoms with Crippen molar-refractivity contribution in [3.63, 3.8) is 0 Å². The Labute approximate surface area is 121 Å². The fourth-order valence-electron chi connectivity index (χ4n) is 1.71. The molecule has 94 valence electrons. The maximum atomic E-state index is 11.2. The van der Waals surface area contributed by atoms with Crippen molar-refractivity contribution in [3.8, 4) is 16.4 Å². The van der Waals surface area contributed by atoms with Crippen molar-refractivity contribution in [1.29, 1.82) is 0 Å². The van der Waals surface area contributed by atoms with Gasteiger partial charge < -0.3 is 0 Å². The van der Waals surface area contributed by atoms with Crippen LogP contribution in [0.3, 0.4) is 0 Å². The normalized spacial score (nSPS) is 10.6. The highest BCUT2D eigenvalue weighted by molar-refractivity contribution is 9.10. The molecule has 19 heavy (non-hydrogen) atoms. The Morgan fingerprint density at radius 2 is 2.26 bits per heavy atom. The number of rotatable bonds is 3. The van der Waals surface area contributed by atoms with E-state index in [0.717, 1.165) is 15.6 Å². The van der Waals surface area contributed by atoms with E-state index >= 15 is 0 Å². The second-order valence-corrected chi connectivity index (χ2v) is 5.64. The van der Waals surface area contributed by atoms with Crippen LogP contribution in [-0.4, -0.2) is 21.1 Å². The first-order valence-corrected chi connectivity index (χ1v) is 7.16. The predicted molar refractivity (Wildman–Crippen MR) is 77.8 cm³/mol. The van der Waals surface area contributed by atoms with E-state index in [1.807, 2.05) is 29.6 Å². The molecule has 0 saturated carbocycles. The second kappa shape index (κ2) is 5.07. The molecule has 3 rings (SSSR count). The van der Waals surface area contributed by atoms with Gasteiger partial charge in [0.1, 0.15) is 5.69 Å². The molecule has 0 radical (unpaired) electrons.